The van der Waals surface area contributed by atoms with Gasteiger partial charge >= 0.3 is 0 Å². The molecule has 0 saturated heterocycles. The smallest absolute Gasteiger partial charge is 0.224 e. The van der Waals surface area contributed by atoms with Crippen LogP contribution in [0.25, 0.3) is 0 Å². The van der Waals surface area contributed by atoms with E-state index >= 15 is 0 Å². The van der Waals surface area contributed by atoms with Crippen LogP contribution in [0, 0.1) is 6.92 Å². The topological polar surface area (TPSA) is 32.3 Å². The summed E-state index contributed by atoms with van der Waals surface area (Å²) in [4.78, 5) is 14.2. The lowest BCUT2D eigenvalue weighted by Crippen LogP contribution is -2.29. The summed E-state index contributed by atoms with van der Waals surface area (Å²) < 4.78 is 0. The van der Waals surface area contributed by atoms with Gasteiger partial charge in [0.25, 0.3) is 0 Å². The third kappa shape index (κ3) is 6.66. The molecule has 0 aromatic heterocycles. The van der Waals surface area contributed by atoms with Gasteiger partial charge in [0.2, 0.25) is 5.91 Å². The summed E-state index contributed by atoms with van der Waals surface area (Å²) in [7, 11) is 2.11. The maximum atomic E-state index is 11.9. The molecule has 0 aliphatic heterocycles. The van der Waals surface area contributed by atoms with E-state index in [1.165, 1.54) is 11.1 Å². The van der Waals surface area contributed by atoms with Crippen LogP contribution in [-0.2, 0) is 17.8 Å². The number of rotatable bonds is 8. The van der Waals surface area contributed by atoms with Crippen LogP contribution in [0.15, 0.2) is 54.6 Å². The first-order valence-corrected chi connectivity index (χ1v) is 8.18. The predicted molar refractivity (Wildman–Crippen MR) is 95.3 cm³/mol. The number of hydrogen-bond donors (Lipinski definition) is 1. The summed E-state index contributed by atoms with van der Waals surface area (Å²) >= 11 is 0. The fraction of sp³-hybridized carbons (Fsp3) is 0.350. The Morgan fingerprint density at radius 1 is 1.00 bits per heavy atom. The highest BCUT2D eigenvalue weighted by Crippen LogP contribution is 2.04. The molecule has 3 heteroatoms. The molecule has 0 atom stereocenters. The van der Waals surface area contributed by atoms with E-state index in [1.54, 1.807) is 0 Å². The van der Waals surface area contributed by atoms with Gasteiger partial charge in [0, 0.05) is 13.1 Å². The van der Waals surface area contributed by atoms with Crippen LogP contribution in [0.2, 0.25) is 0 Å². The molecule has 0 bridgehead atoms. The van der Waals surface area contributed by atoms with E-state index in [4.69, 9.17) is 0 Å². The molecule has 2 rings (SSSR count). The molecule has 122 valence electrons. The van der Waals surface area contributed by atoms with Gasteiger partial charge < -0.3 is 10.2 Å². The molecule has 2 aromatic rings. The minimum atomic E-state index is 0.0968. The second-order valence-electron chi connectivity index (χ2n) is 6.09. The Kier molecular flexibility index (Phi) is 6.82. The lowest BCUT2D eigenvalue weighted by Gasteiger charge is -2.16. The Hall–Kier alpha value is -2.13. The van der Waals surface area contributed by atoms with Gasteiger partial charge in [-0.15, -0.1) is 0 Å². The third-order valence-electron chi connectivity index (χ3n) is 3.82. The number of carbonyl (C=O) groups is 1. The normalized spacial score (nSPS) is 10.7. The fourth-order valence-corrected chi connectivity index (χ4v) is 2.50. The van der Waals surface area contributed by atoms with Crippen LogP contribution < -0.4 is 5.32 Å². The highest BCUT2D eigenvalue weighted by molar-refractivity contribution is 5.78. The SMILES string of the molecule is Cc1ccc(CC(=O)NCCCN(C)Cc2ccccc2)cc1. The molecular formula is C20H26N2O. The Morgan fingerprint density at radius 2 is 1.70 bits per heavy atom. The number of benzene rings is 2. The van der Waals surface area contributed by atoms with Crippen molar-refractivity contribution in [3.05, 3.63) is 71.3 Å². The Bertz CT molecular complexity index is 593. The van der Waals surface area contributed by atoms with Gasteiger partial charge in [-0.05, 0) is 38.1 Å². The standard InChI is InChI=1S/C20H26N2O/c1-17-9-11-18(12-10-17)15-20(23)21-13-6-14-22(2)16-19-7-4-3-5-8-19/h3-5,7-12H,6,13-16H2,1-2H3,(H,21,23). The molecule has 0 aliphatic carbocycles. The van der Waals surface area contributed by atoms with Gasteiger partial charge in [0.1, 0.15) is 0 Å². The minimum Gasteiger partial charge on any atom is -0.356 e. The zero-order chi connectivity index (χ0) is 16.5. The summed E-state index contributed by atoms with van der Waals surface area (Å²) in [6, 6.07) is 18.6. The van der Waals surface area contributed by atoms with E-state index in [1.807, 2.05) is 30.3 Å². The molecule has 0 radical (unpaired) electrons. The maximum absolute atomic E-state index is 11.9. The average molecular weight is 310 g/mol. The van der Waals surface area contributed by atoms with Crippen molar-refractivity contribution in [2.45, 2.75) is 26.3 Å². The summed E-state index contributed by atoms with van der Waals surface area (Å²) in [5, 5.41) is 3.00. The van der Waals surface area contributed by atoms with Crippen molar-refractivity contribution in [2.24, 2.45) is 0 Å². The summed E-state index contributed by atoms with van der Waals surface area (Å²) in [5.41, 5.74) is 3.60. The lowest BCUT2D eigenvalue weighted by molar-refractivity contribution is -0.120. The molecule has 0 aliphatic rings. The van der Waals surface area contributed by atoms with Crippen LogP contribution in [0.5, 0.6) is 0 Å². The number of hydrogen-bond acceptors (Lipinski definition) is 2. The van der Waals surface area contributed by atoms with Crippen LogP contribution in [0.3, 0.4) is 0 Å². The van der Waals surface area contributed by atoms with E-state index in [0.29, 0.717) is 6.42 Å². The minimum absolute atomic E-state index is 0.0968. The lowest BCUT2D eigenvalue weighted by atomic mass is 10.1. The molecule has 0 saturated carbocycles. The van der Waals surface area contributed by atoms with Crippen molar-refractivity contribution in [1.29, 1.82) is 0 Å². The largest absolute Gasteiger partial charge is 0.356 e. The molecule has 0 spiro atoms. The molecule has 2 aromatic carbocycles. The molecule has 0 unspecified atom stereocenters. The second-order valence-corrected chi connectivity index (χ2v) is 6.09. The molecular weight excluding hydrogens is 284 g/mol. The van der Waals surface area contributed by atoms with E-state index < -0.39 is 0 Å². The first-order valence-electron chi connectivity index (χ1n) is 8.18. The summed E-state index contributed by atoms with van der Waals surface area (Å²) in [6.07, 6.45) is 1.42. The highest BCUT2D eigenvalue weighted by Gasteiger charge is 2.04. The van der Waals surface area contributed by atoms with E-state index in [9.17, 15) is 4.79 Å². The summed E-state index contributed by atoms with van der Waals surface area (Å²) in [6.45, 7) is 4.69. The monoisotopic (exact) mass is 310 g/mol. The second kappa shape index (κ2) is 9.11. The fourth-order valence-electron chi connectivity index (χ4n) is 2.50. The predicted octanol–water partition coefficient (Wildman–Crippen LogP) is 3.18. The number of aryl methyl sites for hydroxylation is 1. The molecule has 1 amide bonds. The van der Waals surface area contributed by atoms with Crippen LogP contribution >= 0.6 is 0 Å². The Labute approximate surface area is 139 Å². The third-order valence-corrected chi connectivity index (χ3v) is 3.82. The summed E-state index contributed by atoms with van der Waals surface area (Å²) in [5.74, 6) is 0.0968. The number of nitrogens with zero attached hydrogens (tertiary/aromatic N) is 1. The van der Waals surface area contributed by atoms with Gasteiger partial charge in [0.05, 0.1) is 6.42 Å². The van der Waals surface area contributed by atoms with Crippen molar-refractivity contribution in [3.63, 3.8) is 0 Å². The van der Waals surface area contributed by atoms with Crippen molar-refractivity contribution in [3.8, 4) is 0 Å². The van der Waals surface area contributed by atoms with Gasteiger partial charge in [-0.3, -0.25) is 4.79 Å². The molecule has 1 N–H and O–H groups in total. The van der Waals surface area contributed by atoms with Gasteiger partial charge in [-0.25, -0.2) is 0 Å². The number of carbonyl (C=O) groups excluding carboxylic acids is 1. The van der Waals surface area contributed by atoms with E-state index in [2.05, 4.69) is 48.5 Å². The molecule has 0 fully saturated rings. The Morgan fingerprint density at radius 3 is 2.39 bits per heavy atom. The van der Waals surface area contributed by atoms with Crippen LogP contribution in [0.4, 0.5) is 0 Å². The molecule has 0 heterocycles. The quantitative estimate of drug-likeness (QED) is 0.760. The van der Waals surface area contributed by atoms with Gasteiger partial charge in [-0.2, -0.15) is 0 Å². The number of amides is 1. The van der Waals surface area contributed by atoms with E-state index in [-0.39, 0.29) is 5.91 Å². The molecule has 23 heavy (non-hydrogen) atoms. The highest BCUT2D eigenvalue weighted by atomic mass is 16.1. The Balaban J connectivity index is 1.61. The maximum Gasteiger partial charge on any atom is 0.224 e. The van der Waals surface area contributed by atoms with Gasteiger partial charge in [0.15, 0.2) is 0 Å². The van der Waals surface area contributed by atoms with Crippen molar-refractivity contribution in [2.75, 3.05) is 20.1 Å². The van der Waals surface area contributed by atoms with E-state index in [0.717, 1.165) is 31.6 Å². The zero-order valence-electron chi connectivity index (χ0n) is 14.1. The van der Waals surface area contributed by atoms with Gasteiger partial charge in [-0.1, -0.05) is 60.2 Å². The zero-order valence-corrected chi connectivity index (χ0v) is 14.1. The first-order chi connectivity index (χ1) is 11.1. The number of nitrogens with one attached hydrogen (secondary N) is 1. The van der Waals surface area contributed by atoms with Crippen molar-refractivity contribution in [1.82, 2.24) is 10.2 Å². The van der Waals surface area contributed by atoms with Crippen LogP contribution in [-0.4, -0.2) is 30.9 Å². The van der Waals surface area contributed by atoms with Crippen molar-refractivity contribution < 1.29 is 4.79 Å². The van der Waals surface area contributed by atoms with Crippen LogP contribution in [0.1, 0.15) is 23.1 Å². The first kappa shape index (κ1) is 17.2. The van der Waals surface area contributed by atoms with Crippen molar-refractivity contribution >= 4 is 5.91 Å². The molecule has 3 nitrogen and oxygen atoms in total. The average Bonchev–Trinajstić information content (AvgIpc) is 2.55.